The molecule has 1 aliphatic heterocycles. The van der Waals surface area contributed by atoms with E-state index >= 15 is 0 Å². The smallest absolute Gasteiger partial charge is 0.202 e. The van der Waals surface area contributed by atoms with Crippen LogP contribution in [0.2, 0.25) is 0 Å². The second-order valence-electron chi connectivity index (χ2n) is 11.4. The second kappa shape index (κ2) is 12.2. The van der Waals surface area contributed by atoms with Crippen molar-refractivity contribution in [2.24, 2.45) is 5.73 Å². The third kappa shape index (κ3) is 5.45. The van der Waals surface area contributed by atoms with Crippen molar-refractivity contribution < 1.29 is 49.0 Å². The molecular formula is C31H37NO10S. The van der Waals surface area contributed by atoms with Gasteiger partial charge in [0.2, 0.25) is 5.78 Å². The molecule has 2 aromatic rings. The van der Waals surface area contributed by atoms with Gasteiger partial charge in [-0.3, -0.25) is 14.4 Å². The summed E-state index contributed by atoms with van der Waals surface area (Å²) in [6.07, 6.45) is -2.68. The summed E-state index contributed by atoms with van der Waals surface area (Å²) in [6.45, 7) is 3.66. The lowest BCUT2D eigenvalue weighted by Gasteiger charge is -2.42. The fourth-order valence-electron chi connectivity index (χ4n) is 6.15. The lowest BCUT2D eigenvalue weighted by molar-refractivity contribution is -0.247. The highest BCUT2D eigenvalue weighted by molar-refractivity contribution is 7.99. The average molecular weight is 616 g/mol. The minimum absolute atomic E-state index is 0.00842. The molecule has 0 radical (unpaired) electrons. The highest BCUT2D eigenvalue weighted by atomic mass is 32.2. The molecule has 1 heterocycles. The van der Waals surface area contributed by atoms with Crippen LogP contribution < -0.4 is 10.5 Å². The van der Waals surface area contributed by atoms with E-state index in [1.807, 2.05) is 6.92 Å². The third-order valence-electron chi connectivity index (χ3n) is 8.54. The first-order chi connectivity index (χ1) is 20.4. The summed E-state index contributed by atoms with van der Waals surface area (Å²) in [4.78, 5) is 40.9. The molecule has 0 bridgehead atoms. The number of thioether (sulfide) groups is 1. The van der Waals surface area contributed by atoms with Crippen LogP contribution in [-0.2, 0) is 20.7 Å². The number of nitrogens with two attached hydrogens (primary N) is 1. The molecule has 0 spiro atoms. The SMILES string of the molecule is CCCCSCC(=O)[C@]1(O)Cc2c(O)c3c(c(O)c2[C@@H](O[C@H]2C[C@H](N)[C@H](O)[C@H](C)O2)C1)C(=O)c1c(OC)cccc1C3=O. The summed E-state index contributed by atoms with van der Waals surface area (Å²) < 4.78 is 17.3. The number of unbranched alkanes of at least 4 members (excludes halogenated alkanes) is 1. The molecule has 0 aromatic heterocycles. The Morgan fingerprint density at radius 3 is 2.56 bits per heavy atom. The van der Waals surface area contributed by atoms with Crippen molar-refractivity contribution in [3.05, 3.63) is 51.6 Å². The monoisotopic (exact) mass is 615 g/mol. The van der Waals surface area contributed by atoms with Crippen molar-refractivity contribution in [3.8, 4) is 17.2 Å². The second-order valence-corrected chi connectivity index (χ2v) is 12.5. The number of rotatable bonds is 9. The average Bonchev–Trinajstić information content (AvgIpc) is 2.97. The summed E-state index contributed by atoms with van der Waals surface area (Å²) >= 11 is 1.38. The van der Waals surface area contributed by atoms with E-state index < -0.39 is 82.6 Å². The minimum atomic E-state index is -2.01. The van der Waals surface area contributed by atoms with Gasteiger partial charge in [-0.25, -0.2) is 0 Å². The van der Waals surface area contributed by atoms with Gasteiger partial charge in [-0.15, -0.1) is 0 Å². The number of hydrogen-bond donors (Lipinski definition) is 5. The standard InChI is InChI=1S/C31H37NO10S/c1-4-5-9-43-13-20(33)31(39)11-16-23(19(12-31)42-21-10-17(32)26(34)14(2)41-21)30(38)25-24(28(16)36)27(35)15-7-6-8-18(40-3)22(15)29(25)37/h6-8,14,17,19,21,26,34,36,38-39H,4-5,9-13,32H2,1-3H3/t14-,17-,19-,21-,26+,31-/m0/s1. The lowest BCUT2D eigenvalue weighted by atomic mass is 9.72. The Bertz CT molecular complexity index is 1450. The number of methoxy groups -OCH3 is 1. The van der Waals surface area contributed by atoms with Gasteiger partial charge in [0.25, 0.3) is 0 Å². The first kappa shape index (κ1) is 31.4. The van der Waals surface area contributed by atoms with Crippen LogP contribution >= 0.6 is 11.8 Å². The largest absolute Gasteiger partial charge is 0.507 e. The summed E-state index contributed by atoms with van der Waals surface area (Å²) in [5.74, 6) is -2.28. The molecule has 43 heavy (non-hydrogen) atoms. The van der Waals surface area contributed by atoms with Gasteiger partial charge < -0.3 is 40.4 Å². The van der Waals surface area contributed by atoms with E-state index in [-0.39, 0.29) is 46.6 Å². The molecule has 3 aliphatic rings. The van der Waals surface area contributed by atoms with Crippen molar-refractivity contribution in [1.82, 2.24) is 0 Å². The topological polar surface area (TPSA) is 186 Å². The maximum Gasteiger partial charge on any atom is 0.202 e. The molecule has 232 valence electrons. The zero-order valence-corrected chi connectivity index (χ0v) is 25.1. The predicted molar refractivity (Wildman–Crippen MR) is 157 cm³/mol. The Balaban J connectivity index is 1.62. The molecule has 0 unspecified atom stereocenters. The molecule has 0 saturated carbocycles. The Morgan fingerprint density at radius 2 is 1.88 bits per heavy atom. The summed E-state index contributed by atoms with van der Waals surface area (Å²) in [6, 6.07) is 3.78. The quantitative estimate of drug-likeness (QED) is 0.175. The van der Waals surface area contributed by atoms with E-state index in [1.165, 1.54) is 37.1 Å². The van der Waals surface area contributed by atoms with Crippen LogP contribution in [0.15, 0.2) is 18.2 Å². The minimum Gasteiger partial charge on any atom is -0.507 e. The predicted octanol–water partition coefficient (Wildman–Crippen LogP) is 2.54. The number of ketones is 3. The molecule has 2 aromatic carbocycles. The van der Waals surface area contributed by atoms with Crippen LogP contribution in [0, 0.1) is 0 Å². The Hall–Kier alpha value is -3.00. The molecule has 5 rings (SSSR count). The number of carbonyl (C=O) groups is 3. The summed E-state index contributed by atoms with van der Waals surface area (Å²) in [7, 11) is 1.35. The normalized spacial score (nSPS) is 28.2. The first-order valence-corrected chi connectivity index (χ1v) is 15.5. The number of Topliss-reactive ketones (excluding diaryl/α,β-unsaturated/α-hetero) is 1. The van der Waals surface area contributed by atoms with Gasteiger partial charge in [-0.05, 0) is 25.2 Å². The van der Waals surface area contributed by atoms with Gasteiger partial charge in [-0.1, -0.05) is 25.5 Å². The summed E-state index contributed by atoms with van der Waals surface area (Å²) in [5, 5.41) is 45.2. The molecule has 12 heteroatoms. The Morgan fingerprint density at radius 1 is 1.16 bits per heavy atom. The van der Waals surface area contributed by atoms with E-state index in [9.17, 15) is 34.8 Å². The molecule has 1 saturated heterocycles. The fourth-order valence-corrected chi connectivity index (χ4v) is 7.24. The third-order valence-corrected chi connectivity index (χ3v) is 9.58. The van der Waals surface area contributed by atoms with Gasteiger partial charge in [0.1, 0.15) is 22.8 Å². The highest BCUT2D eigenvalue weighted by Gasteiger charge is 2.50. The fraction of sp³-hybridized carbons (Fsp3) is 0.516. The van der Waals surface area contributed by atoms with Gasteiger partial charge in [0.05, 0.1) is 47.9 Å². The maximum absolute atomic E-state index is 13.8. The number of benzene rings is 2. The van der Waals surface area contributed by atoms with Crippen LogP contribution in [-0.4, -0.2) is 86.5 Å². The molecule has 11 nitrogen and oxygen atoms in total. The van der Waals surface area contributed by atoms with E-state index in [1.54, 1.807) is 6.92 Å². The van der Waals surface area contributed by atoms with Gasteiger partial charge in [0, 0.05) is 42.0 Å². The number of hydrogen-bond acceptors (Lipinski definition) is 12. The van der Waals surface area contributed by atoms with E-state index in [0.29, 0.717) is 0 Å². The van der Waals surface area contributed by atoms with Crippen molar-refractivity contribution in [1.29, 1.82) is 0 Å². The molecule has 2 aliphatic carbocycles. The first-order valence-electron chi connectivity index (χ1n) is 14.4. The molecule has 0 amide bonds. The van der Waals surface area contributed by atoms with Gasteiger partial charge in [-0.2, -0.15) is 11.8 Å². The number of phenolic OH excluding ortho intramolecular Hbond substituents is 2. The highest BCUT2D eigenvalue weighted by Crippen LogP contribution is 2.52. The number of carbonyl (C=O) groups excluding carboxylic acids is 3. The van der Waals surface area contributed by atoms with Crippen LogP contribution in [0.3, 0.4) is 0 Å². The van der Waals surface area contributed by atoms with Crippen LogP contribution in [0.25, 0.3) is 0 Å². The number of ether oxygens (including phenoxy) is 3. The molecular weight excluding hydrogens is 578 g/mol. The maximum atomic E-state index is 13.8. The number of phenols is 2. The van der Waals surface area contributed by atoms with Crippen molar-refractivity contribution in [2.75, 3.05) is 18.6 Å². The Labute approximate surface area is 253 Å². The van der Waals surface area contributed by atoms with Crippen LogP contribution in [0.4, 0.5) is 0 Å². The van der Waals surface area contributed by atoms with Crippen molar-refractivity contribution in [2.45, 2.75) is 82.2 Å². The van der Waals surface area contributed by atoms with Crippen molar-refractivity contribution >= 4 is 29.1 Å². The number of aliphatic hydroxyl groups is 2. The van der Waals surface area contributed by atoms with Gasteiger partial charge in [0.15, 0.2) is 17.9 Å². The van der Waals surface area contributed by atoms with E-state index in [4.69, 9.17) is 19.9 Å². The lowest BCUT2D eigenvalue weighted by Crippen LogP contribution is -2.53. The summed E-state index contributed by atoms with van der Waals surface area (Å²) in [5.41, 5.74) is 3.10. The molecule has 6 atom stereocenters. The zero-order valence-electron chi connectivity index (χ0n) is 24.3. The number of aliphatic hydroxyl groups excluding tert-OH is 1. The Kier molecular flexibility index (Phi) is 8.90. The number of fused-ring (bicyclic) bond motifs is 3. The van der Waals surface area contributed by atoms with E-state index in [2.05, 4.69) is 0 Å². The molecule has 6 N–H and O–H groups in total. The van der Waals surface area contributed by atoms with E-state index in [0.717, 1.165) is 18.6 Å². The van der Waals surface area contributed by atoms with Crippen LogP contribution in [0.5, 0.6) is 17.2 Å². The van der Waals surface area contributed by atoms with Crippen molar-refractivity contribution in [3.63, 3.8) is 0 Å². The number of aromatic hydroxyl groups is 2. The molecule has 1 fully saturated rings. The van der Waals surface area contributed by atoms with Crippen LogP contribution in [0.1, 0.15) is 88.6 Å². The van der Waals surface area contributed by atoms with Gasteiger partial charge >= 0.3 is 0 Å². The zero-order chi connectivity index (χ0) is 31.2.